The second-order valence-electron chi connectivity index (χ2n) is 4.95. The zero-order valence-corrected chi connectivity index (χ0v) is 12.9. The van der Waals surface area contributed by atoms with Gasteiger partial charge >= 0.3 is 11.7 Å². The van der Waals surface area contributed by atoms with Crippen molar-refractivity contribution in [1.29, 1.82) is 0 Å². The SMILES string of the molecule is CCOc1nc(=O)n([C@H]2C[C@H](OC(=O)CC)[C@@H](CO)O2)cc1F. The number of aliphatic hydroxyl groups is 1. The molecular formula is C14H19FN2O6. The minimum Gasteiger partial charge on any atom is -0.476 e. The van der Waals surface area contributed by atoms with E-state index in [9.17, 15) is 19.1 Å². The normalized spacial score (nSPS) is 23.7. The summed E-state index contributed by atoms with van der Waals surface area (Å²) in [5, 5.41) is 9.31. The number of aliphatic hydroxyl groups excluding tert-OH is 1. The van der Waals surface area contributed by atoms with Crippen LogP contribution in [0, 0.1) is 5.82 Å². The van der Waals surface area contributed by atoms with Crippen LogP contribution < -0.4 is 10.4 Å². The van der Waals surface area contributed by atoms with Crippen LogP contribution in [0.15, 0.2) is 11.0 Å². The van der Waals surface area contributed by atoms with E-state index in [0.29, 0.717) is 0 Å². The van der Waals surface area contributed by atoms with Crippen LogP contribution >= 0.6 is 0 Å². The molecule has 3 atom stereocenters. The lowest BCUT2D eigenvalue weighted by molar-refractivity contribution is -0.152. The molecule has 0 aromatic carbocycles. The fraction of sp³-hybridized carbons (Fsp3) is 0.643. The molecular weight excluding hydrogens is 311 g/mol. The molecule has 0 aliphatic carbocycles. The molecule has 0 unspecified atom stereocenters. The minimum atomic E-state index is -0.882. The maximum absolute atomic E-state index is 13.9. The molecule has 2 heterocycles. The van der Waals surface area contributed by atoms with Gasteiger partial charge in [0, 0.05) is 12.8 Å². The number of hydrogen-bond acceptors (Lipinski definition) is 7. The van der Waals surface area contributed by atoms with Crippen LogP contribution in [0.2, 0.25) is 0 Å². The predicted octanol–water partition coefficient (Wildman–Crippen LogP) is 0.383. The summed E-state index contributed by atoms with van der Waals surface area (Å²) >= 11 is 0. The van der Waals surface area contributed by atoms with Crippen molar-refractivity contribution in [3.63, 3.8) is 0 Å². The van der Waals surface area contributed by atoms with E-state index in [4.69, 9.17) is 14.2 Å². The van der Waals surface area contributed by atoms with Crippen LogP contribution in [0.3, 0.4) is 0 Å². The largest absolute Gasteiger partial charge is 0.476 e. The summed E-state index contributed by atoms with van der Waals surface area (Å²) in [5.41, 5.74) is -0.751. The van der Waals surface area contributed by atoms with Gasteiger partial charge in [0.15, 0.2) is 0 Å². The number of nitrogens with zero attached hydrogens (tertiary/aromatic N) is 2. The van der Waals surface area contributed by atoms with E-state index in [1.807, 2.05) is 0 Å². The van der Waals surface area contributed by atoms with Crippen LogP contribution in [0.1, 0.15) is 32.9 Å². The number of hydrogen-bond donors (Lipinski definition) is 1. The fourth-order valence-electron chi connectivity index (χ4n) is 2.29. The van der Waals surface area contributed by atoms with Gasteiger partial charge in [-0.25, -0.2) is 4.79 Å². The van der Waals surface area contributed by atoms with E-state index in [1.54, 1.807) is 13.8 Å². The third-order valence-corrected chi connectivity index (χ3v) is 3.40. The highest BCUT2D eigenvalue weighted by molar-refractivity contribution is 5.69. The zero-order valence-electron chi connectivity index (χ0n) is 12.9. The molecule has 1 aliphatic rings. The maximum Gasteiger partial charge on any atom is 0.353 e. The molecule has 1 saturated heterocycles. The fourth-order valence-corrected chi connectivity index (χ4v) is 2.29. The lowest BCUT2D eigenvalue weighted by Crippen LogP contribution is -2.30. The van der Waals surface area contributed by atoms with Gasteiger partial charge in [0.25, 0.3) is 5.88 Å². The van der Waals surface area contributed by atoms with E-state index in [-0.39, 0.29) is 31.9 Å². The van der Waals surface area contributed by atoms with Crippen molar-refractivity contribution in [2.24, 2.45) is 0 Å². The van der Waals surface area contributed by atoms with Gasteiger partial charge in [-0.2, -0.15) is 9.37 Å². The Bertz CT molecular complexity index is 620. The first-order valence-electron chi connectivity index (χ1n) is 7.37. The molecule has 1 fully saturated rings. The van der Waals surface area contributed by atoms with Crippen molar-refractivity contribution in [2.75, 3.05) is 13.2 Å². The van der Waals surface area contributed by atoms with Crippen molar-refractivity contribution < 1.29 is 28.5 Å². The van der Waals surface area contributed by atoms with E-state index < -0.39 is 35.9 Å². The number of halogens is 1. The van der Waals surface area contributed by atoms with E-state index >= 15 is 0 Å². The van der Waals surface area contributed by atoms with E-state index in [2.05, 4.69) is 4.98 Å². The first kappa shape index (κ1) is 17.4. The third-order valence-electron chi connectivity index (χ3n) is 3.40. The van der Waals surface area contributed by atoms with E-state index in [0.717, 1.165) is 10.8 Å². The molecule has 0 saturated carbocycles. The Labute approximate surface area is 131 Å². The van der Waals surface area contributed by atoms with Gasteiger partial charge in [0.05, 0.1) is 19.4 Å². The second kappa shape index (κ2) is 7.51. The lowest BCUT2D eigenvalue weighted by atomic mass is 10.2. The first-order valence-corrected chi connectivity index (χ1v) is 7.37. The summed E-state index contributed by atoms with van der Waals surface area (Å²) in [6.45, 7) is 3.07. The highest BCUT2D eigenvalue weighted by Gasteiger charge is 2.39. The zero-order chi connectivity index (χ0) is 17.0. The average Bonchev–Trinajstić information content (AvgIpc) is 2.93. The molecule has 1 aliphatic heterocycles. The van der Waals surface area contributed by atoms with Crippen LogP contribution in [-0.4, -0.2) is 46.0 Å². The minimum absolute atomic E-state index is 0.117. The van der Waals surface area contributed by atoms with Crippen molar-refractivity contribution in [1.82, 2.24) is 9.55 Å². The molecule has 0 bridgehead atoms. The number of carbonyl (C=O) groups excluding carboxylic acids is 1. The highest BCUT2D eigenvalue weighted by Crippen LogP contribution is 2.30. The van der Waals surface area contributed by atoms with Crippen molar-refractivity contribution in [2.45, 2.75) is 45.1 Å². The molecule has 1 aromatic heterocycles. The highest BCUT2D eigenvalue weighted by atomic mass is 19.1. The summed E-state index contributed by atoms with van der Waals surface area (Å²) in [6.07, 6.45) is -1.14. The number of carbonyl (C=O) groups is 1. The second-order valence-corrected chi connectivity index (χ2v) is 4.95. The van der Waals surface area contributed by atoms with E-state index in [1.165, 1.54) is 0 Å². The molecule has 1 aromatic rings. The molecule has 0 spiro atoms. The average molecular weight is 330 g/mol. The van der Waals surface area contributed by atoms with Gasteiger partial charge in [0.1, 0.15) is 18.4 Å². The monoisotopic (exact) mass is 330 g/mol. The molecule has 9 heteroatoms. The first-order chi connectivity index (χ1) is 11.0. The topological polar surface area (TPSA) is 99.9 Å². The Morgan fingerprint density at radius 2 is 2.30 bits per heavy atom. The Hall–Kier alpha value is -2.00. The number of ether oxygens (including phenoxy) is 3. The van der Waals surface area contributed by atoms with Crippen LogP contribution in [0.25, 0.3) is 0 Å². The van der Waals surface area contributed by atoms with Crippen molar-refractivity contribution in [3.8, 4) is 5.88 Å². The number of rotatable bonds is 6. The summed E-state index contributed by atoms with van der Waals surface area (Å²) in [7, 11) is 0. The van der Waals surface area contributed by atoms with Crippen molar-refractivity contribution >= 4 is 5.97 Å². The van der Waals surface area contributed by atoms with Crippen LogP contribution in [-0.2, 0) is 14.3 Å². The Morgan fingerprint density at radius 3 is 2.91 bits per heavy atom. The van der Waals surface area contributed by atoms with Gasteiger partial charge in [-0.05, 0) is 6.92 Å². The molecule has 0 radical (unpaired) electrons. The standard InChI is InChI=1S/C14H19FN2O6/c1-3-12(19)23-9-5-11(22-10(9)7-18)17-6-8(15)13(21-4-2)16-14(17)20/h6,9-11,18H,3-5,7H2,1-2H3/t9-,10+,11+/m0/s1. The summed E-state index contributed by atoms with van der Waals surface area (Å²) in [5.74, 6) is -1.62. The molecule has 128 valence electrons. The number of esters is 1. The summed E-state index contributed by atoms with van der Waals surface area (Å²) < 4.78 is 30.4. The third kappa shape index (κ3) is 3.85. The smallest absolute Gasteiger partial charge is 0.353 e. The molecule has 2 rings (SSSR count). The summed E-state index contributed by atoms with van der Waals surface area (Å²) in [6, 6.07) is 0. The van der Waals surface area contributed by atoms with Crippen LogP contribution in [0.4, 0.5) is 4.39 Å². The van der Waals surface area contributed by atoms with Crippen LogP contribution in [0.5, 0.6) is 5.88 Å². The summed E-state index contributed by atoms with van der Waals surface area (Å²) in [4.78, 5) is 26.9. The Morgan fingerprint density at radius 1 is 1.57 bits per heavy atom. The van der Waals surface area contributed by atoms with Crippen molar-refractivity contribution in [3.05, 3.63) is 22.5 Å². The number of aromatic nitrogens is 2. The van der Waals surface area contributed by atoms with Gasteiger partial charge in [-0.15, -0.1) is 0 Å². The Balaban J connectivity index is 2.21. The van der Waals surface area contributed by atoms with Gasteiger partial charge in [-0.3, -0.25) is 9.36 Å². The molecule has 23 heavy (non-hydrogen) atoms. The van der Waals surface area contributed by atoms with Gasteiger partial charge in [0.2, 0.25) is 5.82 Å². The Kier molecular flexibility index (Phi) is 5.67. The predicted molar refractivity (Wildman–Crippen MR) is 75.4 cm³/mol. The van der Waals surface area contributed by atoms with Gasteiger partial charge < -0.3 is 19.3 Å². The molecule has 1 N–H and O–H groups in total. The lowest BCUT2D eigenvalue weighted by Gasteiger charge is -2.16. The maximum atomic E-state index is 13.9. The molecule has 0 amide bonds. The quantitative estimate of drug-likeness (QED) is 0.753. The van der Waals surface area contributed by atoms with Gasteiger partial charge in [-0.1, -0.05) is 6.92 Å². The molecule has 8 nitrogen and oxygen atoms in total.